The molecular weight excluding hydrogens is 368 g/mol. The number of aromatic carboxylic acids is 1. The predicted octanol–water partition coefficient (Wildman–Crippen LogP) is 4.52. The molecule has 0 unspecified atom stereocenters. The summed E-state index contributed by atoms with van der Waals surface area (Å²) in [6.45, 7) is 7.17. The van der Waals surface area contributed by atoms with Gasteiger partial charge in [-0.05, 0) is 55.9 Å². The number of piperidine rings is 1. The summed E-state index contributed by atoms with van der Waals surface area (Å²) in [4.78, 5) is 25.6. The summed E-state index contributed by atoms with van der Waals surface area (Å²) in [5.74, 6) is -0.904. The lowest BCUT2D eigenvalue weighted by Gasteiger charge is -2.33. The lowest BCUT2D eigenvalue weighted by Crippen LogP contribution is -2.42. The third-order valence-corrected chi connectivity index (χ3v) is 5.49. The molecule has 0 spiro atoms. The highest BCUT2D eigenvalue weighted by atomic mass is 16.6. The van der Waals surface area contributed by atoms with Gasteiger partial charge in [-0.25, -0.2) is 9.59 Å². The number of carbonyl (C=O) groups is 2. The number of likely N-dealkylation sites (tertiary alicyclic amines) is 1. The van der Waals surface area contributed by atoms with E-state index in [1.165, 1.54) is 0 Å². The largest absolute Gasteiger partial charge is 0.478 e. The van der Waals surface area contributed by atoms with Gasteiger partial charge in [0.15, 0.2) is 0 Å². The van der Waals surface area contributed by atoms with Crippen LogP contribution in [-0.2, 0) is 11.3 Å². The summed E-state index contributed by atoms with van der Waals surface area (Å²) >= 11 is 0. The van der Waals surface area contributed by atoms with Crippen LogP contribution < -0.4 is 5.32 Å². The van der Waals surface area contributed by atoms with Gasteiger partial charge < -0.3 is 20.1 Å². The van der Waals surface area contributed by atoms with Crippen molar-refractivity contribution in [3.8, 4) is 0 Å². The lowest BCUT2D eigenvalue weighted by molar-refractivity contribution is 0.0695. The van der Waals surface area contributed by atoms with E-state index >= 15 is 0 Å². The van der Waals surface area contributed by atoms with Crippen molar-refractivity contribution >= 4 is 17.7 Å². The van der Waals surface area contributed by atoms with E-state index in [2.05, 4.69) is 5.32 Å². The molecule has 1 amide bonds. The highest BCUT2D eigenvalue weighted by Crippen LogP contribution is 2.29. The first-order valence-corrected chi connectivity index (χ1v) is 9.93. The van der Waals surface area contributed by atoms with Gasteiger partial charge in [0.2, 0.25) is 0 Å². The van der Waals surface area contributed by atoms with Crippen LogP contribution in [0.25, 0.3) is 0 Å². The molecule has 154 valence electrons. The van der Waals surface area contributed by atoms with Crippen molar-refractivity contribution in [1.29, 1.82) is 0 Å². The average molecular weight is 396 g/mol. The fourth-order valence-electron chi connectivity index (χ4n) is 3.96. The summed E-state index contributed by atoms with van der Waals surface area (Å²) in [6, 6.07) is 11.7. The standard InChI is InChI=1S/C23H28N2O4/c1-15-13-16(2)21(17(3)20(15)22(26)27)24-19-9-11-25(12-10-19)23(28)29-14-18-7-5-4-6-8-18/h4-8,13,19,24H,9-12,14H2,1-3H3,(H,26,27). The van der Waals surface area contributed by atoms with Crippen LogP contribution in [0.1, 0.15) is 45.5 Å². The number of aryl methyl sites for hydroxylation is 2. The molecule has 6 heteroatoms. The summed E-state index contributed by atoms with van der Waals surface area (Å²) in [5, 5.41) is 13.0. The van der Waals surface area contributed by atoms with Crippen molar-refractivity contribution in [1.82, 2.24) is 4.90 Å². The van der Waals surface area contributed by atoms with Gasteiger partial charge in [0, 0.05) is 24.8 Å². The molecule has 2 aromatic carbocycles. The highest BCUT2D eigenvalue weighted by molar-refractivity contribution is 5.93. The maximum Gasteiger partial charge on any atom is 0.410 e. The van der Waals surface area contributed by atoms with Crippen molar-refractivity contribution in [3.05, 3.63) is 64.2 Å². The number of nitrogens with zero attached hydrogens (tertiary/aromatic N) is 1. The number of carbonyl (C=O) groups excluding carboxylic acids is 1. The molecule has 1 heterocycles. The Kier molecular flexibility index (Phi) is 6.42. The quantitative estimate of drug-likeness (QED) is 0.777. The van der Waals surface area contributed by atoms with Crippen LogP contribution in [0.5, 0.6) is 0 Å². The molecular formula is C23H28N2O4. The fourth-order valence-corrected chi connectivity index (χ4v) is 3.96. The van der Waals surface area contributed by atoms with Gasteiger partial charge in [0.05, 0.1) is 5.56 Å². The molecule has 6 nitrogen and oxygen atoms in total. The molecule has 1 aliphatic rings. The van der Waals surface area contributed by atoms with Crippen LogP contribution in [0.2, 0.25) is 0 Å². The SMILES string of the molecule is Cc1cc(C)c(C(=O)O)c(C)c1NC1CCN(C(=O)OCc2ccccc2)CC1. The molecule has 1 fully saturated rings. The molecule has 1 saturated heterocycles. The number of rotatable bonds is 5. The van der Waals surface area contributed by atoms with E-state index < -0.39 is 5.97 Å². The molecule has 0 aliphatic carbocycles. The Balaban J connectivity index is 1.57. The monoisotopic (exact) mass is 396 g/mol. The number of hydrogen-bond acceptors (Lipinski definition) is 4. The average Bonchev–Trinajstić information content (AvgIpc) is 2.70. The molecule has 3 rings (SSSR count). The van der Waals surface area contributed by atoms with Crippen LogP contribution in [0.15, 0.2) is 36.4 Å². The van der Waals surface area contributed by atoms with Crippen molar-refractivity contribution in [2.75, 3.05) is 18.4 Å². The summed E-state index contributed by atoms with van der Waals surface area (Å²) in [6.07, 6.45) is 1.29. The topological polar surface area (TPSA) is 78.9 Å². The molecule has 1 aliphatic heterocycles. The maximum atomic E-state index is 12.3. The number of nitrogens with one attached hydrogen (secondary N) is 1. The van der Waals surface area contributed by atoms with Crippen LogP contribution >= 0.6 is 0 Å². The Morgan fingerprint density at radius 2 is 1.76 bits per heavy atom. The first-order valence-electron chi connectivity index (χ1n) is 9.93. The first kappa shape index (κ1) is 20.7. The number of amides is 1. The number of carboxylic acid groups (broad SMARTS) is 1. The van der Waals surface area contributed by atoms with Crippen molar-refractivity contribution in [3.63, 3.8) is 0 Å². The maximum absolute atomic E-state index is 12.3. The molecule has 29 heavy (non-hydrogen) atoms. The second kappa shape index (κ2) is 8.99. The Hall–Kier alpha value is -3.02. The fraction of sp³-hybridized carbons (Fsp3) is 0.391. The van der Waals surface area contributed by atoms with Crippen LogP contribution in [0.4, 0.5) is 10.5 Å². The second-order valence-electron chi connectivity index (χ2n) is 7.64. The van der Waals surface area contributed by atoms with E-state index in [1.54, 1.807) is 4.90 Å². The number of carboxylic acids is 1. The van der Waals surface area contributed by atoms with Gasteiger partial charge in [0.25, 0.3) is 0 Å². The summed E-state index contributed by atoms with van der Waals surface area (Å²) in [5.41, 5.74) is 4.79. The predicted molar refractivity (Wildman–Crippen MR) is 112 cm³/mol. The van der Waals surface area contributed by atoms with E-state index in [9.17, 15) is 14.7 Å². The lowest BCUT2D eigenvalue weighted by atomic mass is 9.95. The first-order chi connectivity index (χ1) is 13.9. The molecule has 0 bridgehead atoms. The number of anilines is 1. The van der Waals surface area contributed by atoms with Gasteiger partial charge in [-0.15, -0.1) is 0 Å². The molecule has 0 atom stereocenters. The molecule has 0 radical (unpaired) electrons. The van der Waals surface area contributed by atoms with Gasteiger partial charge in [-0.2, -0.15) is 0 Å². The van der Waals surface area contributed by atoms with Crippen LogP contribution in [0, 0.1) is 20.8 Å². The minimum absolute atomic E-state index is 0.190. The Morgan fingerprint density at radius 1 is 1.10 bits per heavy atom. The minimum atomic E-state index is -0.904. The Labute approximate surface area is 171 Å². The van der Waals surface area contributed by atoms with E-state index in [0.29, 0.717) is 18.7 Å². The number of benzene rings is 2. The zero-order valence-corrected chi connectivity index (χ0v) is 17.2. The van der Waals surface area contributed by atoms with Crippen molar-refractivity contribution in [2.45, 2.75) is 46.3 Å². The molecule has 0 aromatic heterocycles. The normalized spacial score (nSPS) is 14.5. The van der Waals surface area contributed by atoms with Gasteiger partial charge >= 0.3 is 12.1 Å². The third-order valence-electron chi connectivity index (χ3n) is 5.49. The zero-order valence-electron chi connectivity index (χ0n) is 17.2. The highest BCUT2D eigenvalue weighted by Gasteiger charge is 2.25. The van der Waals surface area contributed by atoms with E-state index in [4.69, 9.17) is 4.74 Å². The Morgan fingerprint density at radius 3 is 2.38 bits per heavy atom. The molecule has 0 saturated carbocycles. The van der Waals surface area contributed by atoms with E-state index in [-0.39, 0.29) is 18.7 Å². The van der Waals surface area contributed by atoms with E-state index in [1.807, 2.05) is 57.2 Å². The van der Waals surface area contributed by atoms with Crippen molar-refractivity contribution in [2.24, 2.45) is 0 Å². The van der Waals surface area contributed by atoms with Crippen molar-refractivity contribution < 1.29 is 19.4 Å². The molecule has 2 N–H and O–H groups in total. The summed E-state index contributed by atoms with van der Waals surface area (Å²) in [7, 11) is 0. The van der Waals surface area contributed by atoms with Crippen LogP contribution in [0.3, 0.4) is 0 Å². The van der Waals surface area contributed by atoms with Gasteiger partial charge in [-0.3, -0.25) is 0 Å². The summed E-state index contributed by atoms with van der Waals surface area (Å²) < 4.78 is 5.42. The minimum Gasteiger partial charge on any atom is -0.478 e. The van der Waals surface area contributed by atoms with Gasteiger partial charge in [-0.1, -0.05) is 36.4 Å². The number of hydrogen-bond donors (Lipinski definition) is 2. The number of ether oxygens (including phenoxy) is 1. The molecule has 2 aromatic rings. The smallest absolute Gasteiger partial charge is 0.410 e. The van der Waals surface area contributed by atoms with Gasteiger partial charge in [0.1, 0.15) is 6.61 Å². The Bertz CT molecular complexity index is 887. The van der Waals surface area contributed by atoms with E-state index in [0.717, 1.165) is 40.8 Å². The second-order valence-corrected chi connectivity index (χ2v) is 7.64. The zero-order chi connectivity index (χ0) is 21.0. The van der Waals surface area contributed by atoms with Crippen LogP contribution in [-0.4, -0.2) is 41.2 Å². The third kappa shape index (κ3) is 4.88.